The number of anilines is 2. The molecule has 4 rings (SSSR count). The van der Waals surface area contributed by atoms with Gasteiger partial charge in [0.15, 0.2) is 0 Å². The number of hydrogen-bond donors (Lipinski definition) is 2. The topological polar surface area (TPSA) is 97.1 Å². The van der Waals surface area contributed by atoms with E-state index in [4.69, 9.17) is 4.52 Å². The van der Waals surface area contributed by atoms with Gasteiger partial charge in [-0.3, -0.25) is 9.59 Å². The molecule has 4 aromatic rings. The minimum atomic E-state index is -0.284. The van der Waals surface area contributed by atoms with Crippen LogP contribution in [0.25, 0.3) is 0 Å². The van der Waals surface area contributed by atoms with Gasteiger partial charge in [-0.2, -0.15) is 0 Å². The van der Waals surface area contributed by atoms with E-state index in [0.29, 0.717) is 32.6 Å². The Morgan fingerprint density at radius 3 is 2.55 bits per heavy atom. The van der Waals surface area contributed by atoms with Gasteiger partial charge in [-0.15, -0.1) is 11.3 Å². The quantitative estimate of drug-likeness (QED) is 0.374. The van der Waals surface area contributed by atoms with Crippen LogP contribution in [0.4, 0.5) is 11.4 Å². The number of thiophene rings is 1. The first-order valence-electron chi connectivity index (χ1n) is 9.35. The first-order chi connectivity index (χ1) is 15.1. The summed E-state index contributed by atoms with van der Waals surface area (Å²) in [6, 6.07) is 15.9. The van der Waals surface area contributed by atoms with Crippen LogP contribution in [-0.4, -0.2) is 22.0 Å². The van der Waals surface area contributed by atoms with Crippen LogP contribution in [0.5, 0.6) is 0 Å². The van der Waals surface area contributed by atoms with E-state index < -0.39 is 0 Å². The molecule has 2 N–H and O–H groups in total. The summed E-state index contributed by atoms with van der Waals surface area (Å²) in [4.78, 5) is 30.1. The van der Waals surface area contributed by atoms with Crippen molar-refractivity contribution in [3.05, 3.63) is 88.1 Å². The fourth-order valence-corrected chi connectivity index (χ4v) is 4.27. The molecule has 7 nitrogen and oxygen atoms in total. The van der Waals surface area contributed by atoms with Gasteiger partial charge in [0.05, 0.1) is 16.1 Å². The number of carbonyl (C=O) groups excluding carboxylic acids is 2. The van der Waals surface area contributed by atoms with E-state index in [1.54, 1.807) is 48.7 Å². The number of carbonyl (C=O) groups is 2. The SMILES string of the molecule is Cc1cc(CSc2ncccc2C(=O)Nc2cccc(NC(=O)c3cccs3)c2)no1. The number of thioether (sulfide) groups is 1. The molecule has 3 heterocycles. The standard InChI is InChI=1S/C22H18N4O3S2/c1-14-11-17(26-29-14)13-31-22-18(7-3-9-23-22)20(27)24-15-5-2-6-16(12-15)25-21(28)19-8-4-10-30-19/h2-12H,13H2,1H3,(H,24,27)(H,25,28). The second-order valence-electron chi connectivity index (χ2n) is 6.54. The number of rotatable bonds is 7. The van der Waals surface area contributed by atoms with E-state index in [2.05, 4.69) is 20.8 Å². The van der Waals surface area contributed by atoms with Crippen LogP contribution in [0.2, 0.25) is 0 Å². The highest BCUT2D eigenvalue weighted by Crippen LogP contribution is 2.25. The van der Waals surface area contributed by atoms with Crippen molar-refractivity contribution in [2.45, 2.75) is 17.7 Å². The Balaban J connectivity index is 1.44. The molecule has 0 bridgehead atoms. The summed E-state index contributed by atoms with van der Waals surface area (Å²) < 4.78 is 5.08. The van der Waals surface area contributed by atoms with E-state index in [9.17, 15) is 9.59 Å². The second-order valence-corrected chi connectivity index (χ2v) is 8.45. The van der Waals surface area contributed by atoms with E-state index >= 15 is 0 Å². The number of nitrogens with zero attached hydrogens (tertiary/aromatic N) is 2. The molecule has 0 unspecified atom stereocenters. The van der Waals surface area contributed by atoms with Crippen LogP contribution in [-0.2, 0) is 5.75 Å². The summed E-state index contributed by atoms with van der Waals surface area (Å²) in [5.41, 5.74) is 2.41. The lowest BCUT2D eigenvalue weighted by molar-refractivity contribution is 0.101. The van der Waals surface area contributed by atoms with E-state index in [1.807, 2.05) is 24.4 Å². The van der Waals surface area contributed by atoms with Crippen LogP contribution in [0.1, 0.15) is 31.5 Å². The number of aromatic nitrogens is 2. The third kappa shape index (κ3) is 5.39. The molecule has 0 saturated heterocycles. The molecule has 0 aliphatic heterocycles. The van der Waals surface area contributed by atoms with E-state index in [1.165, 1.54) is 23.1 Å². The molecule has 2 amide bonds. The van der Waals surface area contributed by atoms with Crippen molar-refractivity contribution in [2.75, 3.05) is 10.6 Å². The predicted molar refractivity (Wildman–Crippen MR) is 122 cm³/mol. The maximum absolute atomic E-state index is 12.9. The first-order valence-corrected chi connectivity index (χ1v) is 11.2. The number of pyridine rings is 1. The maximum atomic E-state index is 12.9. The average molecular weight is 451 g/mol. The molecule has 9 heteroatoms. The summed E-state index contributed by atoms with van der Waals surface area (Å²) >= 11 is 2.78. The van der Waals surface area contributed by atoms with Crippen molar-refractivity contribution in [3.8, 4) is 0 Å². The highest BCUT2D eigenvalue weighted by atomic mass is 32.2. The Labute approximate surface area is 186 Å². The number of nitrogens with one attached hydrogen (secondary N) is 2. The Morgan fingerprint density at radius 2 is 1.84 bits per heavy atom. The van der Waals surface area contributed by atoms with Crippen LogP contribution in [0.15, 0.2) is 75.7 Å². The predicted octanol–water partition coefficient (Wildman–Crippen LogP) is 5.24. The smallest absolute Gasteiger partial charge is 0.265 e. The van der Waals surface area contributed by atoms with Crippen molar-refractivity contribution < 1.29 is 14.1 Å². The average Bonchev–Trinajstić information content (AvgIpc) is 3.45. The molecule has 0 spiro atoms. The highest BCUT2D eigenvalue weighted by Gasteiger charge is 2.15. The number of aryl methyl sites for hydroxylation is 1. The first kappa shape index (κ1) is 20.8. The molecule has 3 aromatic heterocycles. The molecule has 0 aliphatic rings. The maximum Gasteiger partial charge on any atom is 0.265 e. The van der Waals surface area contributed by atoms with Crippen molar-refractivity contribution in [1.82, 2.24) is 10.1 Å². The van der Waals surface area contributed by atoms with Gasteiger partial charge in [-0.1, -0.05) is 29.1 Å². The molecule has 0 fully saturated rings. The number of amides is 2. The van der Waals surface area contributed by atoms with Gasteiger partial charge in [0, 0.05) is 29.4 Å². The summed E-state index contributed by atoms with van der Waals surface area (Å²) in [5, 5.41) is 12.1. The van der Waals surface area contributed by atoms with Crippen molar-refractivity contribution >= 4 is 46.3 Å². The molecule has 0 atom stereocenters. The van der Waals surface area contributed by atoms with Crippen LogP contribution in [0.3, 0.4) is 0 Å². The summed E-state index contributed by atoms with van der Waals surface area (Å²) in [7, 11) is 0. The zero-order valence-electron chi connectivity index (χ0n) is 16.5. The number of benzene rings is 1. The largest absolute Gasteiger partial charge is 0.361 e. The van der Waals surface area contributed by atoms with Gasteiger partial charge in [0.1, 0.15) is 10.8 Å². The molecular weight excluding hydrogens is 432 g/mol. The fourth-order valence-electron chi connectivity index (χ4n) is 2.78. The lowest BCUT2D eigenvalue weighted by Crippen LogP contribution is -2.14. The van der Waals surface area contributed by atoms with Gasteiger partial charge >= 0.3 is 0 Å². The van der Waals surface area contributed by atoms with Crippen LogP contribution >= 0.6 is 23.1 Å². The van der Waals surface area contributed by atoms with Crippen LogP contribution in [0, 0.1) is 6.92 Å². The number of hydrogen-bond acceptors (Lipinski definition) is 7. The minimum Gasteiger partial charge on any atom is -0.361 e. The van der Waals surface area contributed by atoms with Gasteiger partial charge in [-0.25, -0.2) is 4.98 Å². The zero-order valence-corrected chi connectivity index (χ0v) is 18.1. The Kier molecular flexibility index (Phi) is 6.44. The molecule has 0 radical (unpaired) electrons. The summed E-state index contributed by atoms with van der Waals surface area (Å²) in [6.07, 6.45) is 1.65. The normalized spacial score (nSPS) is 10.6. The molecule has 0 saturated carbocycles. The molecule has 1 aromatic carbocycles. The van der Waals surface area contributed by atoms with Crippen molar-refractivity contribution in [1.29, 1.82) is 0 Å². The monoisotopic (exact) mass is 450 g/mol. The second kappa shape index (κ2) is 9.59. The molecular formula is C22H18N4O3S2. The van der Waals surface area contributed by atoms with Crippen molar-refractivity contribution in [2.24, 2.45) is 0 Å². The lowest BCUT2D eigenvalue weighted by Gasteiger charge is -2.10. The molecule has 0 aliphatic carbocycles. The van der Waals surface area contributed by atoms with Gasteiger partial charge in [0.25, 0.3) is 11.8 Å². The third-order valence-corrected chi connectivity index (χ3v) is 6.08. The zero-order chi connectivity index (χ0) is 21.6. The summed E-state index contributed by atoms with van der Waals surface area (Å²) in [6.45, 7) is 1.83. The minimum absolute atomic E-state index is 0.187. The van der Waals surface area contributed by atoms with Gasteiger partial charge in [-0.05, 0) is 48.7 Å². The molecule has 156 valence electrons. The van der Waals surface area contributed by atoms with E-state index in [-0.39, 0.29) is 11.8 Å². The molecule has 31 heavy (non-hydrogen) atoms. The fraction of sp³-hybridized carbons (Fsp3) is 0.0909. The lowest BCUT2D eigenvalue weighted by atomic mass is 10.2. The van der Waals surface area contributed by atoms with E-state index in [0.717, 1.165) is 11.5 Å². The Bertz CT molecular complexity index is 1200. The Morgan fingerprint density at radius 1 is 1.03 bits per heavy atom. The van der Waals surface area contributed by atoms with Gasteiger partial charge < -0.3 is 15.2 Å². The highest BCUT2D eigenvalue weighted by molar-refractivity contribution is 7.98. The summed E-state index contributed by atoms with van der Waals surface area (Å²) in [5.74, 6) is 0.806. The van der Waals surface area contributed by atoms with Crippen LogP contribution < -0.4 is 10.6 Å². The van der Waals surface area contributed by atoms with Gasteiger partial charge in [0.2, 0.25) is 0 Å². The van der Waals surface area contributed by atoms with Crippen molar-refractivity contribution in [3.63, 3.8) is 0 Å². The third-order valence-electron chi connectivity index (χ3n) is 4.17. The Hall–Kier alpha value is -3.43.